The van der Waals surface area contributed by atoms with Crippen LogP contribution in [0.15, 0.2) is 30.5 Å². The standard InChI is InChI=1S/C13H13ClN2O5/c1-2-20-12(18)5-6-13(19)21-8-11(17)16-10-4-3-9(14)7-15-10/h3-7H,2,8H2,1H3,(H,15,16,17)/b6-5+. The predicted molar refractivity (Wildman–Crippen MR) is 74.6 cm³/mol. The van der Waals surface area contributed by atoms with Crippen LogP contribution < -0.4 is 5.32 Å². The summed E-state index contributed by atoms with van der Waals surface area (Å²) < 4.78 is 9.20. The summed E-state index contributed by atoms with van der Waals surface area (Å²) in [6, 6.07) is 3.06. The highest BCUT2D eigenvalue weighted by Crippen LogP contribution is 2.09. The molecule has 1 aromatic rings. The van der Waals surface area contributed by atoms with Gasteiger partial charge in [0.2, 0.25) is 0 Å². The molecule has 0 atom stereocenters. The average molecular weight is 313 g/mol. The van der Waals surface area contributed by atoms with Gasteiger partial charge in [0, 0.05) is 18.3 Å². The van der Waals surface area contributed by atoms with Crippen molar-refractivity contribution in [1.29, 1.82) is 0 Å². The van der Waals surface area contributed by atoms with Crippen molar-refractivity contribution < 1.29 is 23.9 Å². The van der Waals surface area contributed by atoms with Gasteiger partial charge < -0.3 is 14.8 Å². The van der Waals surface area contributed by atoms with Crippen molar-refractivity contribution >= 4 is 35.3 Å². The second-order valence-electron chi connectivity index (χ2n) is 3.60. The molecule has 0 radical (unpaired) electrons. The molecule has 0 aliphatic rings. The van der Waals surface area contributed by atoms with Crippen LogP contribution >= 0.6 is 11.6 Å². The van der Waals surface area contributed by atoms with E-state index in [1.807, 2.05) is 0 Å². The van der Waals surface area contributed by atoms with Gasteiger partial charge in [0.05, 0.1) is 11.6 Å². The van der Waals surface area contributed by atoms with E-state index in [4.69, 9.17) is 11.6 Å². The largest absolute Gasteiger partial charge is 0.463 e. The Bertz CT molecular complexity index is 542. The molecule has 0 fully saturated rings. The molecule has 1 N–H and O–H groups in total. The van der Waals surface area contributed by atoms with Crippen molar-refractivity contribution in [2.45, 2.75) is 6.92 Å². The molecule has 8 heteroatoms. The highest BCUT2D eigenvalue weighted by atomic mass is 35.5. The summed E-state index contributed by atoms with van der Waals surface area (Å²) in [5, 5.41) is 2.84. The van der Waals surface area contributed by atoms with E-state index in [0.717, 1.165) is 12.2 Å². The number of halogens is 1. The van der Waals surface area contributed by atoms with Gasteiger partial charge in [-0.1, -0.05) is 11.6 Å². The number of anilines is 1. The molecule has 7 nitrogen and oxygen atoms in total. The number of ether oxygens (including phenoxy) is 2. The summed E-state index contributed by atoms with van der Waals surface area (Å²) in [5.74, 6) is -1.78. The van der Waals surface area contributed by atoms with Gasteiger partial charge in [-0.15, -0.1) is 0 Å². The van der Waals surface area contributed by atoms with Gasteiger partial charge in [0.15, 0.2) is 6.61 Å². The molecule has 0 bridgehead atoms. The third kappa shape index (κ3) is 7.07. The molecule has 112 valence electrons. The Kier molecular flexibility index (Phi) is 6.90. The first-order chi connectivity index (χ1) is 10.0. The number of esters is 2. The van der Waals surface area contributed by atoms with Crippen molar-refractivity contribution in [3.63, 3.8) is 0 Å². The van der Waals surface area contributed by atoms with Crippen LogP contribution in [0.3, 0.4) is 0 Å². The molecule has 0 aliphatic heterocycles. The second-order valence-corrected chi connectivity index (χ2v) is 4.04. The summed E-state index contributed by atoms with van der Waals surface area (Å²) >= 11 is 5.64. The fraction of sp³-hybridized carbons (Fsp3) is 0.231. The van der Waals surface area contributed by atoms with Gasteiger partial charge >= 0.3 is 11.9 Å². The van der Waals surface area contributed by atoms with E-state index in [1.54, 1.807) is 13.0 Å². The van der Waals surface area contributed by atoms with Crippen molar-refractivity contribution in [3.05, 3.63) is 35.5 Å². The molecule has 1 amide bonds. The van der Waals surface area contributed by atoms with E-state index in [9.17, 15) is 14.4 Å². The van der Waals surface area contributed by atoms with Crippen LogP contribution in [-0.2, 0) is 23.9 Å². The molecular formula is C13H13ClN2O5. The number of aromatic nitrogens is 1. The third-order valence-corrected chi connectivity index (χ3v) is 2.21. The van der Waals surface area contributed by atoms with Crippen molar-refractivity contribution in [2.75, 3.05) is 18.5 Å². The number of nitrogens with zero attached hydrogens (tertiary/aromatic N) is 1. The fourth-order valence-corrected chi connectivity index (χ4v) is 1.25. The van der Waals surface area contributed by atoms with E-state index in [1.165, 1.54) is 12.3 Å². The molecule has 1 aromatic heterocycles. The van der Waals surface area contributed by atoms with Gasteiger partial charge in [-0.25, -0.2) is 14.6 Å². The van der Waals surface area contributed by atoms with Gasteiger partial charge in [-0.2, -0.15) is 0 Å². The van der Waals surface area contributed by atoms with Crippen LogP contribution in [0.1, 0.15) is 6.92 Å². The third-order valence-electron chi connectivity index (χ3n) is 1.98. The normalized spacial score (nSPS) is 10.2. The molecule has 0 aromatic carbocycles. The maximum atomic E-state index is 11.5. The van der Waals surface area contributed by atoms with E-state index in [0.29, 0.717) is 5.02 Å². The maximum Gasteiger partial charge on any atom is 0.331 e. The number of rotatable bonds is 6. The topological polar surface area (TPSA) is 94.6 Å². The first kappa shape index (κ1) is 16.6. The van der Waals surface area contributed by atoms with Gasteiger partial charge in [-0.05, 0) is 19.1 Å². The van der Waals surface area contributed by atoms with Gasteiger partial charge in [-0.3, -0.25) is 4.79 Å². The summed E-state index contributed by atoms with van der Waals surface area (Å²) in [4.78, 5) is 37.5. The van der Waals surface area contributed by atoms with Crippen molar-refractivity contribution in [3.8, 4) is 0 Å². The maximum absolute atomic E-state index is 11.5. The smallest absolute Gasteiger partial charge is 0.331 e. The Morgan fingerprint density at radius 3 is 2.48 bits per heavy atom. The highest BCUT2D eigenvalue weighted by molar-refractivity contribution is 6.30. The van der Waals surface area contributed by atoms with E-state index in [-0.39, 0.29) is 12.4 Å². The van der Waals surface area contributed by atoms with E-state index in [2.05, 4.69) is 19.8 Å². The van der Waals surface area contributed by atoms with Crippen LogP contribution in [0.4, 0.5) is 5.82 Å². The molecular weight excluding hydrogens is 300 g/mol. The summed E-state index contributed by atoms with van der Waals surface area (Å²) in [6.07, 6.45) is 3.17. The number of hydrogen-bond acceptors (Lipinski definition) is 6. The number of hydrogen-bond donors (Lipinski definition) is 1. The molecule has 0 saturated carbocycles. The lowest BCUT2D eigenvalue weighted by atomic mass is 10.4. The Labute approximate surface area is 125 Å². The number of carbonyl (C=O) groups excluding carboxylic acids is 3. The Hall–Kier alpha value is -2.41. The predicted octanol–water partition coefficient (Wildman–Crippen LogP) is 1.34. The SMILES string of the molecule is CCOC(=O)/C=C/C(=O)OCC(=O)Nc1ccc(Cl)cn1. The monoisotopic (exact) mass is 312 g/mol. The lowest BCUT2D eigenvalue weighted by molar-refractivity contribution is -0.143. The van der Waals surface area contributed by atoms with Crippen LogP contribution in [0, 0.1) is 0 Å². The average Bonchev–Trinajstić information content (AvgIpc) is 2.46. The number of pyridine rings is 1. The molecule has 0 saturated heterocycles. The second kappa shape index (κ2) is 8.70. The number of amides is 1. The Morgan fingerprint density at radius 2 is 1.90 bits per heavy atom. The molecule has 1 rings (SSSR count). The molecule has 1 heterocycles. The number of nitrogens with one attached hydrogen (secondary N) is 1. The van der Waals surface area contributed by atoms with E-state index < -0.39 is 24.5 Å². The zero-order chi connectivity index (χ0) is 15.7. The van der Waals surface area contributed by atoms with E-state index >= 15 is 0 Å². The fourth-order valence-electron chi connectivity index (χ4n) is 1.14. The minimum atomic E-state index is -0.831. The van der Waals surface area contributed by atoms with Crippen LogP contribution in [-0.4, -0.2) is 36.0 Å². The summed E-state index contributed by atoms with van der Waals surface area (Å²) in [7, 11) is 0. The van der Waals surface area contributed by atoms with Gasteiger partial charge in [0.25, 0.3) is 5.91 Å². The molecule has 0 unspecified atom stereocenters. The van der Waals surface area contributed by atoms with Crippen LogP contribution in [0.25, 0.3) is 0 Å². The summed E-state index contributed by atoms with van der Waals surface area (Å²) in [6.45, 7) is 1.34. The zero-order valence-electron chi connectivity index (χ0n) is 11.2. The first-order valence-corrected chi connectivity index (χ1v) is 6.32. The molecule has 0 spiro atoms. The minimum Gasteiger partial charge on any atom is -0.463 e. The summed E-state index contributed by atoms with van der Waals surface area (Å²) in [5.41, 5.74) is 0. The van der Waals surface area contributed by atoms with Crippen molar-refractivity contribution in [2.24, 2.45) is 0 Å². The lowest BCUT2D eigenvalue weighted by Crippen LogP contribution is -2.20. The highest BCUT2D eigenvalue weighted by Gasteiger charge is 2.07. The zero-order valence-corrected chi connectivity index (χ0v) is 11.9. The van der Waals surface area contributed by atoms with Gasteiger partial charge in [0.1, 0.15) is 5.82 Å². The lowest BCUT2D eigenvalue weighted by Gasteiger charge is -2.04. The molecule has 0 aliphatic carbocycles. The van der Waals surface area contributed by atoms with Crippen molar-refractivity contribution in [1.82, 2.24) is 4.98 Å². The quantitative estimate of drug-likeness (QED) is 0.629. The Balaban J connectivity index is 2.34. The van der Waals surface area contributed by atoms with Crippen LogP contribution in [0.5, 0.6) is 0 Å². The number of carbonyl (C=O) groups is 3. The minimum absolute atomic E-state index is 0.203. The Morgan fingerprint density at radius 1 is 1.24 bits per heavy atom. The first-order valence-electron chi connectivity index (χ1n) is 5.94. The van der Waals surface area contributed by atoms with Crippen LogP contribution in [0.2, 0.25) is 5.02 Å². The molecule has 21 heavy (non-hydrogen) atoms.